The van der Waals surface area contributed by atoms with E-state index in [1.807, 2.05) is 0 Å². The number of benzene rings is 4. The van der Waals surface area contributed by atoms with E-state index in [-0.39, 0.29) is 6.71 Å². The summed E-state index contributed by atoms with van der Waals surface area (Å²) in [6, 6.07) is 31.0. The van der Waals surface area contributed by atoms with Crippen LogP contribution in [-0.2, 0) is 0 Å². The van der Waals surface area contributed by atoms with Crippen molar-refractivity contribution in [1.82, 2.24) is 0 Å². The van der Waals surface area contributed by atoms with Crippen LogP contribution < -0.4 is 26.0 Å². The van der Waals surface area contributed by atoms with E-state index in [1.54, 1.807) is 0 Å². The first-order valence-corrected chi connectivity index (χ1v) is 18.3. The minimum Gasteiger partial charge on any atom is -0.458 e. The van der Waals surface area contributed by atoms with Crippen molar-refractivity contribution in [2.45, 2.75) is 114 Å². The zero-order valence-corrected chi connectivity index (χ0v) is 26.8. The first-order chi connectivity index (χ1) is 22.3. The molecule has 0 radical (unpaired) electrons. The van der Waals surface area contributed by atoms with Crippen molar-refractivity contribution in [3.63, 3.8) is 0 Å². The molecule has 0 N–H and O–H groups in total. The molecule has 5 aliphatic rings. The molecule has 0 unspecified atom stereocenters. The Morgan fingerprint density at radius 3 is 1.67 bits per heavy atom. The maximum atomic E-state index is 7.08. The van der Waals surface area contributed by atoms with Gasteiger partial charge in [-0.3, -0.25) is 0 Å². The van der Waals surface area contributed by atoms with Crippen molar-refractivity contribution < 1.29 is 4.74 Å². The molecule has 0 amide bonds. The molecule has 0 spiro atoms. The SMILES string of the molecule is c1ccc(N2c3cc(C4CCCCC4)ccc3B3c4ccc(C5CCCCC5)cc4Oc4cc(C5CCCCC5)cc2c43)cc1. The predicted molar refractivity (Wildman–Crippen MR) is 190 cm³/mol. The molecule has 228 valence electrons. The van der Waals surface area contributed by atoms with E-state index < -0.39 is 0 Å². The Morgan fingerprint density at radius 2 is 1.02 bits per heavy atom. The molecule has 3 heteroatoms. The standard InChI is InChI=1S/C42H46BNO/c1-5-13-29(14-6-1)32-21-23-36-38(25-32)44(35-19-11-4-12-20-35)39-26-34(31-17-9-3-10-18-31)28-41-42(39)43(36)37-24-22-33(27-40(37)45-41)30-15-7-2-8-16-30/h4,11-12,19-31H,1-3,5-10,13-18H2. The van der Waals surface area contributed by atoms with Crippen molar-refractivity contribution in [2.24, 2.45) is 0 Å². The van der Waals surface area contributed by atoms with Gasteiger partial charge in [-0.25, -0.2) is 0 Å². The number of fused-ring (bicyclic) bond motifs is 4. The fourth-order valence-corrected chi connectivity index (χ4v) is 9.70. The Hall–Kier alpha value is -3.46. The molecule has 3 aliphatic carbocycles. The highest BCUT2D eigenvalue weighted by molar-refractivity contribution is 6.99. The monoisotopic (exact) mass is 591 g/mol. The fraction of sp³-hybridized carbons (Fsp3) is 0.429. The average molecular weight is 592 g/mol. The van der Waals surface area contributed by atoms with Gasteiger partial charge in [-0.05, 0) is 126 Å². The maximum absolute atomic E-state index is 7.08. The molecular formula is C42H46BNO. The normalized spacial score (nSPS) is 20.3. The number of hydrogen-bond acceptors (Lipinski definition) is 2. The van der Waals surface area contributed by atoms with E-state index in [1.165, 1.54) is 146 Å². The van der Waals surface area contributed by atoms with Crippen LogP contribution in [-0.4, -0.2) is 6.71 Å². The van der Waals surface area contributed by atoms with Gasteiger partial charge in [-0.15, -0.1) is 0 Å². The van der Waals surface area contributed by atoms with Crippen molar-refractivity contribution in [3.8, 4) is 11.5 Å². The Labute approximate surface area is 270 Å². The lowest BCUT2D eigenvalue weighted by atomic mass is 9.34. The third-order valence-electron chi connectivity index (χ3n) is 12.1. The summed E-state index contributed by atoms with van der Waals surface area (Å²) in [4.78, 5) is 2.59. The van der Waals surface area contributed by atoms with Gasteiger partial charge < -0.3 is 9.64 Å². The predicted octanol–water partition coefficient (Wildman–Crippen LogP) is 10.2. The van der Waals surface area contributed by atoms with E-state index in [0.717, 1.165) is 11.5 Å². The lowest BCUT2D eigenvalue weighted by Gasteiger charge is -2.41. The number of ether oxygens (including phenoxy) is 1. The molecule has 4 aromatic rings. The highest BCUT2D eigenvalue weighted by atomic mass is 16.5. The van der Waals surface area contributed by atoms with Gasteiger partial charge in [0.05, 0.1) is 0 Å². The summed E-state index contributed by atoms with van der Waals surface area (Å²) in [6.07, 6.45) is 20.1. The van der Waals surface area contributed by atoms with Crippen LogP contribution >= 0.6 is 0 Å². The molecule has 3 fully saturated rings. The summed E-state index contributed by atoms with van der Waals surface area (Å²) >= 11 is 0. The summed E-state index contributed by atoms with van der Waals surface area (Å²) in [5.41, 5.74) is 12.6. The molecule has 45 heavy (non-hydrogen) atoms. The van der Waals surface area contributed by atoms with Crippen molar-refractivity contribution in [1.29, 1.82) is 0 Å². The third-order valence-corrected chi connectivity index (χ3v) is 12.1. The number of hydrogen-bond donors (Lipinski definition) is 0. The molecule has 0 atom stereocenters. The van der Waals surface area contributed by atoms with E-state index in [0.29, 0.717) is 17.8 Å². The summed E-state index contributed by atoms with van der Waals surface area (Å²) in [5.74, 6) is 4.15. The zero-order chi connectivity index (χ0) is 29.7. The average Bonchev–Trinajstić information content (AvgIpc) is 3.12. The van der Waals surface area contributed by atoms with Gasteiger partial charge in [0.2, 0.25) is 0 Å². The van der Waals surface area contributed by atoms with Crippen LogP contribution in [0.25, 0.3) is 0 Å². The minimum absolute atomic E-state index is 0.190. The van der Waals surface area contributed by atoms with Crippen molar-refractivity contribution in [2.75, 3.05) is 4.90 Å². The van der Waals surface area contributed by atoms with Gasteiger partial charge in [0.15, 0.2) is 0 Å². The molecule has 4 aromatic carbocycles. The molecule has 0 aromatic heterocycles. The quantitative estimate of drug-likeness (QED) is 0.189. The molecule has 0 bridgehead atoms. The summed E-state index contributed by atoms with van der Waals surface area (Å²) in [6.45, 7) is 0.190. The van der Waals surface area contributed by atoms with Crippen LogP contribution in [0, 0.1) is 0 Å². The van der Waals surface area contributed by atoms with E-state index in [4.69, 9.17) is 4.74 Å². The van der Waals surface area contributed by atoms with Crippen LogP contribution in [0.1, 0.15) is 131 Å². The van der Waals surface area contributed by atoms with E-state index in [2.05, 4.69) is 83.8 Å². The van der Waals surface area contributed by atoms with Gasteiger partial charge in [-0.2, -0.15) is 0 Å². The highest BCUT2D eigenvalue weighted by Crippen LogP contribution is 2.46. The Kier molecular flexibility index (Phi) is 7.25. The highest BCUT2D eigenvalue weighted by Gasteiger charge is 2.43. The fourth-order valence-electron chi connectivity index (χ4n) is 9.70. The molecule has 2 aliphatic heterocycles. The molecule has 2 nitrogen and oxygen atoms in total. The first kappa shape index (κ1) is 27.8. The minimum atomic E-state index is 0.190. The second kappa shape index (κ2) is 11.7. The van der Waals surface area contributed by atoms with Gasteiger partial charge in [0, 0.05) is 17.1 Å². The summed E-state index contributed by atoms with van der Waals surface area (Å²) < 4.78 is 7.08. The van der Waals surface area contributed by atoms with Crippen LogP contribution in [0.2, 0.25) is 0 Å². The molecule has 2 heterocycles. The van der Waals surface area contributed by atoms with Crippen LogP contribution in [0.15, 0.2) is 78.9 Å². The van der Waals surface area contributed by atoms with E-state index in [9.17, 15) is 0 Å². The summed E-state index contributed by atoms with van der Waals surface area (Å²) in [5, 5.41) is 0. The molecule has 0 saturated heterocycles. The Balaban J connectivity index is 1.25. The van der Waals surface area contributed by atoms with Crippen LogP contribution in [0.5, 0.6) is 11.5 Å². The zero-order valence-electron chi connectivity index (χ0n) is 26.8. The lowest BCUT2D eigenvalue weighted by molar-refractivity contribution is 0.437. The Bertz CT molecular complexity index is 1690. The van der Waals surface area contributed by atoms with Crippen molar-refractivity contribution >= 4 is 40.2 Å². The number of para-hydroxylation sites is 1. The van der Waals surface area contributed by atoms with Gasteiger partial charge in [0.25, 0.3) is 6.71 Å². The third kappa shape index (κ3) is 4.93. The summed E-state index contributed by atoms with van der Waals surface area (Å²) in [7, 11) is 0. The molecule has 9 rings (SSSR count). The smallest absolute Gasteiger partial charge is 0.256 e. The van der Waals surface area contributed by atoms with Gasteiger partial charge in [0.1, 0.15) is 11.5 Å². The second-order valence-corrected chi connectivity index (χ2v) is 14.8. The van der Waals surface area contributed by atoms with Crippen molar-refractivity contribution in [3.05, 3.63) is 95.6 Å². The van der Waals surface area contributed by atoms with E-state index >= 15 is 0 Å². The second-order valence-electron chi connectivity index (χ2n) is 14.8. The largest absolute Gasteiger partial charge is 0.458 e. The molecular weight excluding hydrogens is 545 g/mol. The van der Waals surface area contributed by atoms with Crippen LogP contribution in [0.3, 0.4) is 0 Å². The Morgan fingerprint density at radius 1 is 0.489 bits per heavy atom. The lowest BCUT2D eigenvalue weighted by Crippen LogP contribution is -2.59. The maximum Gasteiger partial charge on any atom is 0.256 e. The van der Waals surface area contributed by atoms with Gasteiger partial charge in [-0.1, -0.05) is 100 Å². The topological polar surface area (TPSA) is 12.5 Å². The molecule has 3 saturated carbocycles. The van der Waals surface area contributed by atoms with Gasteiger partial charge >= 0.3 is 0 Å². The number of nitrogens with zero attached hydrogens (tertiary/aromatic N) is 1. The first-order valence-electron chi connectivity index (χ1n) is 18.3. The number of anilines is 3. The van der Waals surface area contributed by atoms with Crippen LogP contribution in [0.4, 0.5) is 17.1 Å². The number of rotatable bonds is 4.